The number of methoxy groups -OCH3 is 1. The lowest BCUT2D eigenvalue weighted by Gasteiger charge is -2.23. The smallest absolute Gasteiger partial charge is 0.134 e. The van der Waals surface area contributed by atoms with Gasteiger partial charge in [0.2, 0.25) is 0 Å². The lowest BCUT2D eigenvalue weighted by molar-refractivity contribution is 0.240. The fourth-order valence-electron chi connectivity index (χ4n) is 3.19. The molecule has 21 heavy (non-hydrogen) atoms. The van der Waals surface area contributed by atoms with E-state index in [4.69, 9.17) is 16.3 Å². The molecule has 112 valence electrons. The molecule has 1 fully saturated rings. The first kappa shape index (κ1) is 14.6. The molecule has 0 radical (unpaired) electrons. The summed E-state index contributed by atoms with van der Waals surface area (Å²) in [4.78, 5) is 7.06. The van der Waals surface area contributed by atoms with Crippen molar-refractivity contribution in [1.29, 1.82) is 0 Å². The molecule has 2 aromatic rings. The molecule has 1 aliphatic heterocycles. The van der Waals surface area contributed by atoms with Crippen LogP contribution in [0.15, 0.2) is 24.3 Å². The normalized spacial score (nSPS) is 19.3. The SMILES string of the molecule is CCC1CCCN1Cc1cc2ccc(OC)cc2nc1Cl. The monoisotopic (exact) mass is 304 g/mol. The van der Waals surface area contributed by atoms with E-state index in [2.05, 4.69) is 22.9 Å². The molecular weight excluding hydrogens is 284 g/mol. The van der Waals surface area contributed by atoms with Gasteiger partial charge >= 0.3 is 0 Å². The van der Waals surface area contributed by atoms with E-state index >= 15 is 0 Å². The van der Waals surface area contributed by atoms with E-state index in [1.165, 1.54) is 19.3 Å². The molecule has 0 bridgehead atoms. The van der Waals surface area contributed by atoms with Crippen molar-refractivity contribution < 1.29 is 4.74 Å². The lowest BCUT2D eigenvalue weighted by Crippen LogP contribution is -2.28. The van der Waals surface area contributed by atoms with Gasteiger partial charge in [0.1, 0.15) is 10.9 Å². The van der Waals surface area contributed by atoms with Crippen molar-refractivity contribution in [3.05, 3.63) is 35.0 Å². The molecule has 0 spiro atoms. The quantitative estimate of drug-likeness (QED) is 0.789. The molecule has 0 aliphatic carbocycles. The van der Waals surface area contributed by atoms with Crippen LogP contribution in [0.3, 0.4) is 0 Å². The van der Waals surface area contributed by atoms with Crippen LogP contribution in [0.25, 0.3) is 10.9 Å². The molecule has 2 heterocycles. The number of hydrogen-bond acceptors (Lipinski definition) is 3. The number of hydrogen-bond donors (Lipinski definition) is 0. The predicted molar refractivity (Wildman–Crippen MR) is 87.0 cm³/mol. The molecule has 0 saturated carbocycles. The van der Waals surface area contributed by atoms with Crippen LogP contribution >= 0.6 is 11.6 Å². The van der Waals surface area contributed by atoms with Crippen molar-refractivity contribution in [3.63, 3.8) is 0 Å². The van der Waals surface area contributed by atoms with E-state index in [0.29, 0.717) is 11.2 Å². The van der Waals surface area contributed by atoms with Crippen molar-refractivity contribution in [3.8, 4) is 5.75 Å². The van der Waals surface area contributed by atoms with Crippen molar-refractivity contribution in [1.82, 2.24) is 9.88 Å². The van der Waals surface area contributed by atoms with Gasteiger partial charge in [-0.3, -0.25) is 4.90 Å². The Bertz CT molecular complexity index is 644. The first-order valence-corrected chi connectivity index (χ1v) is 7.96. The standard InChI is InChI=1S/C17H21ClN2O/c1-3-14-5-4-8-20(14)11-13-9-12-6-7-15(21-2)10-16(12)19-17(13)18/h6-7,9-10,14H,3-5,8,11H2,1-2H3. The average molecular weight is 305 g/mol. The summed E-state index contributed by atoms with van der Waals surface area (Å²) in [6.45, 7) is 4.32. The van der Waals surface area contributed by atoms with Gasteiger partial charge in [-0.05, 0) is 44.0 Å². The summed E-state index contributed by atoms with van der Waals surface area (Å²) in [5, 5.41) is 1.72. The number of benzene rings is 1. The van der Waals surface area contributed by atoms with E-state index in [9.17, 15) is 0 Å². The third-order valence-corrected chi connectivity index (χ3v) is 4.72. The van der Waals surface area contributed by atoms with Crippen molar-refractivity contribution >= 4 is 22.5 Å². The largest absolute Gasteiger partial charge is 0.497 e. The summed E-state index contributed by atoms with van der Waals surface area (Å²) in [5.74, 6) is 0.810. The van der Waals surface area contributed by atoms with Crippen molar-refractivity contribution in [2.24, 2.45) is 0 Å². The summed E-state index contributed by atoms with van der Waals surface area (Å²) in [6.07, 6.45) is 3.79. The maximum absolute atomic E-state index is 6.39. The van der Waals surface area contributed by atoms with Gasteiger partial charge in [0, 0.05) is 29.6 Å². The highest BCUT2D eigenvalue weighted by Gasteiger charge is 2.23. The topological polar surface area (TPSA) is 25.4 Å². The van der Waals surface area contributed by atoms with Gasteiger partial charge in [-0.1, -0.05) is 18.5 Å². The third-order valence-electron chi connectivity index (χ3n) is 4.39. The summed E-state index contributed by atoms with van der Waals surface area (Å²) in [6, 6.07) is 8.78. The minimum absolute atomic E-state index is 0.609. The Morgan fingerprint density at radius 1 is 1.38 bits per heavy atom. The van der Waals surface area contributed by atoms with E-state index in [0.717, 1.165) is 35.3 Å². The number of aromatic nitrogens is 1. The number of pyridine rings is 1. The number of ether oxygens (including phenoxy) is 1. The van der Waals surface area contributed by atoms with Crippen LogP contribution in [0.2, 0.25) is 5.15 Å². The van der Waals surface area contributed by atoms with E-state index < -0.39 is 0 Å². The Labute approximate surface area is 130 Å². The number of fused-ring (bicyclic) bond motifs is 1. The zero-order valence-corrected chi connectivity index (χ0v) is 13.4. The summed E-state index contributed by atoms with van der Waals surface area (Å²) >= 11 is 6.39. The molecule has 1 saturated heterocycles. The summed E-state index contributed by atoms with van der Waals surface area (Å²) in [7, 11) is 1.66. The summed E-state index contributed by atoms with van der Waals surface area (Å²) < 4.78 is 5.24. The first-order chi connectivity index (χ1) is 10.2. The average Bonchev–Trinajstić information content (AvgIpc) is 2.94. The van der Waals surface area contributed by atoms with Gasteiger partial charge < -0.3 is 4.74 Å². The van der Waals surface area contributed by atoms with Crippen LogP contribution < -0.4 is 4.74 Å². The van der Waals surface area contributed by atoms with Crippen LogP contribution in [0, 0.1) is 0 Å². The second-order valence-electron chi connectivity index (χ2n) is 5.67. The van der Waals surface area contributed by atoms with Crippen molar-refractivity contribution in [2.75, 3.05) is 13.7 Å². The van der Waals surface area contributed by atoms with Crippen LogP contribution in [0.5, 0.6) is 5.75 Å². The lowest BCUT2D eigenvalue weighted by atomic mass is 10.1. The predicted octanol–water partition coefficient (Wildman–Crippen LogP) is 4.27. The fraction of sp³-hybridized carbons (Fsp3) is 0.471. The molecule has 0 amide bonds. The third kappa shape index (κ3) is 2.99. The number of nitrogens with zero attached hydrogens (tertiary/aromatic N) is 2. The molecule has 4 heteroatoms. The highest BCUT2D eigenvalue weighted by Crippen LogP contribution is 2.28. The van der Waals surface area contributed by atoms with E-state index in [-0.39, 0.29) is 0 Å². The zero-order chi connectivity index (χ0) is 14.8. The van der Waals surface area contributed by atoms with Gasteiger partial charge in [0.05, 0.1) is 12.6 Å². The number of likely N-dealkylation sites (tertiary alicyclic amines) is 1. The Balaban J connectivity index is 1.90. The summed E-state index contributed by atoms with van der Waals surface area (Å²) in [5.41, 5.74) is 2.01. The van der Waals surface area contributed by atoms with Crippen LogP contribution in [-0.4, -0.2) is 29.6 Å². The van der Waals surface area contributed by atoms with Gasteiger partial charge in [-0.2, -0.15) is 0 Å². The maximum atomic E-state index is 6.39. The molecule has 1 atom stereocenters. The van der Waals surface area contributed by atoms with E-state index in [1.54, 1.807) is 7.11 Å². The van der Waals surface area contributed by atoms with Gasteiger partial charge in [-0.25, -0.2) is 4.98 Å². The van der Waals surface area contributed by atoms with Gasteiger partial charge in [0.15, 0.2) is 0 Å². The maximum Gasteiger partial charge on any atom is 0.134 e. The van der Waals surface area contributed by atoms with Gasteiger partial charge in [0.25, 0.3) is 0 Å². The van der Waals surface area contributed by atoms with Crippen LogP contribution in [0.1, 0.15) is 31.7 Å². The van der Waals surface area contributed by atoms with Crippen LogP contribution in [-0.2, 0) is 6.54 Å². The Morgan fingerprint density at radius 2 is 2.24 bits per heavy atom. The van der Waals surface area contributed by atoms with Crippen molar-refractivity contribution in [2.45, 2.75) is 38.8 Å². The van der Waals surface area contributed by atoms with E-state index in [1.807, 2.05) is 18.2 Å². The molecule has 3 rings (SSSR count). The minimum atomic E-state index is 0.609. The number of rotatable bonds is 4. The first-order valence-electron chi connectivity index (χ1n) is 7.58. The molecule has 1 aromatic heterocycles. The Morgan fingerprint density at radius 3 is 3.00 bits per heavy atom. The molecule has 0 N–H and O–H groups in total. The fourth-order valence-corrected chi connectivity index (χ4v) is 3.39. The Hall–Kier alpha value is -1.32. The highest BCUT2D eigenvalue weighted by molar-refractivity contribution is 6.30. The Kier molecular flexibility index (Phi) is 4.32. The minimum Gasteiger partial charge on any atom is -0.497 e. The highest BCUT2D eigenvalue weighted by atomic mass is 35.5. The molecule has 1 unspecified atom stereocenters. The second kappa shape index (κ2) is 6.20. The zero-order valence-electron chi connectivity index (χ0n) is 12.6. The molecule has 3 nitrogen and oxygen atoms in total. The number of halogens is 1. The second-order valence-corrected chi connectivity index (χ2v) is 6.03. The van der Waals surface area contributed by atoms with Crippen LogP contribution in [0.4, 0.5) is 0 Å². The molecule has 1 aliphatic rings. The van der Waals surface area contributed by atoms with Gasteiger partial charge in [-0.15, -0.1) is 0 Å². The molecular formula is C17H21ClN2O. The molecule has 1 aromatic carbocycles.